The average Bonchev–Trinajstić information content (AvgIpc) is 2.79. The normalized spacial score (nSPS) is 13.7. The van der Waals surface area contributed by atoms with Crippen LogP contribution in [0.3, 0.4) is 0 Å². The summed E-state index contributed by atoms with van der Waals surface area (Å²) in [5.41, 5.74) is 5.95. The fourth-order valence-corrected chi connectivity index (χ4v) is 2.75. The van der Waals surface area contributed by atoms with E-state index in [1.165, 1.54) is 12.1 Å². The summed E-state index contributed by atoms with van der Waals surface area (Å²) in [6.07, 6.45) is -2.89. The average molecular weight is 362 g/mol. The molecule has 1 aromatic carbocycles. The molecule has 3 nitrogen and oxygen atoms in total. The van der Waals surface area contributed by atoms with Crippen molar-refractivity contribution in [3.05, 3.63) is 51.8 Å². The molecule has 0 fully saturated rings. The fraction of sp³-hybridized carbons (Fsp3) is 0.357. The summed E-state index contributed by atoms with van der Waals surface area (Å²) in [6, 6.07) is 4.43. The van der Waals surface area contributed by atoms with E-state index in [-0.39, 0.29) is 11.6 Å². The maximum Gasteiger partial charge on any atom is 0.416 e. The van der Waals surface area contributed by atoms with Crippen LogP contribution in [0.1, 0.15) is 42.8 Å². The van der Waals surface area contributed by atoms with Crippen LogP contribution in [-0.4, -0.2) is 9.78 Å². The number of halogens is 4. The van der Waals surface area contributed by atoms with Crippen molar-refractivity contribution in [3.8, 4) is 0 Å². The first kappa shape index (κ1) is 16.0. The molecule has 0 saturated heterocycles. The van der Waals surface area contributed by atoms with Gasteiger partial charge in [-0.15, -0.1) is 0 Å². The zero-order valence-electron chi connectivity index (χ0n) is 11.5. The number of hydrogen-bond donors (Lipinski definition) is 1. The van der Waals surface area contributed by atoms with E-state index >= 15 is 0 Å². The highest BCUT2D eigenvalue weighted by Crippen LogP contribution is 2.37. The highest BCUT2D eigenvalue weighted by Gasteiger charge is 2.35. The van der Waals surface area contributed by atoms with E-state index < -0.39 is 17.8 Å². The predicted molar refractivity (Wildman–Crippen MR) is 77.8 cm³/mol. The minimum absolute atomic E-state index is 0.00426. The summed E-state index contributed by atoms with van der Waals surface area (Å²) in [4.78, 5) is 0. The van der Waals surface area contributed by atoms with Gasteiger partial charge in [-0.3, -0.25) is 4.68 Å². The first-order valence-electron chi connectivity index (χ1n) is 6.38. The summed E-state index contributed by atoms with van der Waals surface area (Å²) in [6.45, 7) is 3.79. The van der Waals surface area contributed by atoms with Crippen LogP contribution in [0.2, 0.25) is 0 Å². The molecule has 0 aliphatic carbocycles. The molecule has 1 aromatic heterocycles. The van der Waals surface area contributed by atoms with Gasteiger partial charge in [0.05, 0.1) is 28.0 Å². The van der Waals surface area contributed by atoms with E-state index in [0.29, 0.717) is 10.2 Å². The number of rotatable bonds is 3. The Hall–Kier alpha value is -1.34. The molecule has 0 saturated carbocycles. The van der Waals surface area contributed by atoms with E-state index in [4.69, 9.17) is 5.73 Å². The van der Waals surface area contributed by atoms with Crippen LogP contribution < -0.4 is 5.73 Å². The molecule has 2 aromatic rings. The number of aromatic nitrogens is 2. The van der Waals surface area contributed by atoms with Crippen LogP contribution in [-0.2, 0) is 6.18 Å². The Bertz CT molecular complexity index is 635. The number of hydrogen-bond acceptors (Lipinski definition) is 2. The lowest BCUT2D eigenvalue weighted by Gasteiger charge is -2.21. The number of nitrogens with zero attached hydrogens (tertiary/aromatic N) is 2. The van der Waals surface area contributed by atoms with Gasteiger partial charge in [0, 0.05) is 6.04 Å². The molecule has 21 heavy (non-hydrogen) atoms. The third-order valence-electron chi connectivity index (χ3n) is 3.17. The number of nitrogens with two attached hydrogens (primary N) is 1. The quantitative estimate of drug-likeness (QED) is 0.885. The van der Waals surface area contributed by atoms with E-state index in [1.54, 1.807) is 16.9 Å². The molecule has 0 aliphatic heterocycles. The lowest BCUT2D eigenvalue weighted by atomic mass is 9.98. The van der Waals surface area contributed by atoms with Crippen molar-refractivity contribution in [2.75, 3.05) is 0 Å². The highest BCUT2D eigenvalue weighted by molar-refractivity contribution is 9.10. The summed E-state index contributed by atoms with van der Waals surface area (Å²) in [5, 5.41) is 4.16. The lowest BCUT2D eigenvalue weighted by Crippen LogP contribution is -2.22. The Morgan fingerprint density at radius 2 is 1.86 bits per heavy atom. The summed E-state index contributed by atoms with van der Waals surface area (Å²) in [5.74, 6) is 0. The van der Waals surface area contributed by atoms with Gasteiger partial charge in [-0.25, -0.2) is 0 Å². The third-order valence-corrected chi connectivity index (χ3v) is 3.78. The first-order chi connectivity index (χ1) is 9.73. The lowest BCUT2D eigenvalue weighted by molar-refractivity contribution is -0.138. The van der Waals surface area contributed by atoms with Crippen LogP contribution in [0, 0.1) is 0 Å². The van der Waals surface area contributed by atoms with Crippen molar-refractivity contribution in [2.24, 2.45) is 5.73 Å². The summed E-state index contributed by atoms with van der Waals surface area (Å²) in [7, 11) is 0. The van der Waals surface area contributed by atoms with Gasteiger partial charge in [-0.2, -0.15) is 18.3 Å². The molecule has 0 bridgehead atoms. The molecular weight excluding hydrogens is 347 g/mol. The molecule has 1 heterocycles. The van der Waals surface area contributed by atoms with Crippen LogP contribution >= 0.6 is 15.9 Å². The zero-order valence-corrected chi connectivity index (χ0v) is 13.1. The minimum Gasteiger partial charge on any atom is -0.319 e. The second-order valence-corrected chi connectivity index (χ2v) is 5.83. The smallest absolute Gasteiger partial charge is 0.319 e. The Labute approximate surface area is 129 Å². The third kappa shape index (κ3) is 3.13. The molecule has 1 unspecified atom stereocenters. The van der Waals surface area contributed by atoms with Gasteiger partial charge >= 0.3 is 6.18 Å². The van der Waals surface area contributed by atoms with E-state index in [2.05, 4.69) is 21.0 Å². The molecule has 0 aliphatic rings. The van der Waals surface area contributed by atoms with Crippen LogP contribution in [0.5, 0.6) is 0 Å². The molecule has 7 heteroatoms. The molecular formula is C14H15BrF3N3. The van der Waals surface area contributed by atoms with Gasteiger partial charge in [-0.05, 0) is 41.4 Å². The van der Waals surface area contributed by atoms with E-state index in [1.807, 2.05) is 13.8 Å². The Morgan fingerprint density at radius 3 is 2.43 bits per heavy atom. The number of alkyl halides is 3. The molecule has 0 amide bonds. The molecule has 0 spiro atoms. The van der Waals surface area contributed by atoms with E-state index in [0.717, 1.165) is 6.07 Å². The zero-order chi connectivity index (χ0) is 15.8. The first-order valence-corrected chi connectivity index (χ1v) is 7.17. The monoisotopic (exact) mass is 361 g/mol. The fourth-order valence-electron chi connectivity index (χ4n) is 2.23. The van der Waals surface area contributed by atoms with Crippen LogP contribution in [0.15, 0.2) is 34.9 Å². The van der Waals surface area contributed by atoms with Crippen molar-refractivity contribution >= 4 is 15.9 Å². The molecule has 2 N–H and O–H groups in total. The predicted octanol–water partition coefficient (Wildman–Crippen LogP) is 4.29. The van der Waals surface area contributed by atoms with Crippen molar-refractivity contribution in [1.82, 2.24) is 9.78 Å². The minimum atomic E-state index is -4.44. The Kier molecular flexibility index (Phi) is 4.43. The molecule has 2 rings (SSSR count). The van der Waals surface area contributed by atoms with Crippen molar-refractivity contribution in [2.45, 2.75) is 32.1 Å². The van der Waals surface area contributed by atoms with Crippen LogP contribution in [0.25, 0.3) is 0 Å². The van der Waals surface area contributed by atoms with Gasteiger partial charge in [0.2, 0.25) is 0 Å². The maximum absolute atomic E-state index is 13.1. The second-order valence-electron chi connectivity index (χ2n) is 4.98. The van der Waals surface area contributed by atoms with Gasteiger partial charge in [0.25, 0.3) is 0 Å². The highest BCUT2D eigenvalue weighted by atomic mass is 79.9. The largest absolute Gasteiger partial charge is 0.416 e. The number of benzene rings is 1. The van der Waals surface area contributed by atoms with Crippen molar-refractivity contribution in [1.29, 1.82) is 0 Å². The van der Waals surface area contributed by atoms with E-state index in [9.17, 15) is 13.2 Å². The topological polar surface area (TPSA) is 43.8 Å². The summed E-state index contributed by atoms with van der Waals surface area (Å²) < 4.78 is 41.6. The van der Waals surface area contributed by atoms with Gasteiger partial charge < -0.3 is 5.73 Å². The Balaban J connectivity index is 2.56. The van der Waals surface area contributed by atoms with Gasteiger partial charge in [0.1, 0.15) is 0 Å². The second kappa shape index (κ2) is 5.81. The van der Waals surface area contributed by atoms with Crippen molar-refractivity contribution < 1.29 is 13.2 Å². The maximum atomic E-state index is 13.1. The molecule has 1 atom stereocenters. The standard InChI is InChI=1S/C14H15BrF3N3/c1-8(2)21-13(11(15)7-20-21)12(19)9-5-3-4-6-10(9)14(16,17)18/h3-8,12H,19H2,1-2H3. The molecule has 0 radical (unpaired) electrons. The van der Waals surface area contributed by atoms with Crippen molar-refractivity contribution in [3.63, 3.8) is 0 Å². The molecule has 114 valence electrons. The van der Waals surface area contributed by atoms with Gasteiger partial charge in [0.15, 0.2) is 0 Å². The Morgan fingerprint density at radius 1 is 1.24 bits per heavy atom. The van der Waals surface area contributed by atoms with Crippen LogP contribution in [0.4, 0.5) is 13.2 Å². The summed E-state index contributed by atoms with van der Waals surface area (Å²) >= 11 is 3.31. The SMILES string of the molecule is CC(C)n1ncc(Br)c1C(N)c1ccccc1C(F)(F)F. The van der Waals surface area contributed by atoms with Gasteiger partial charge in [-0.1, -0.05) is 18.2 Å².